The number of methoxy groups -OCH3 is 3. The maximum absolute atomic E-state index is 12.1. The van der Waals surface area contributed by atoms with Gasteiger partial charge in [0, 0.05) is 23.7 Å². The van der Waals surface area contributed by atoms with E-state index in [1.165, 1.54) is 21.3 Å². The number of rotatable bonds is 8. The van der Waals surface area contributed by atoms with Gasteiger partial charge in [-0.1, -0.05) is 17.7 Å². The zero-order valence-corrected chi connectivity index (χ0v) is 15.9. The van der Waals surface area contributed by atoms with Gasteiger partial charge in [-0.3, -0.25) is 9.59 Å². The summed E-state index contributed by atoms with van der Waals surface area (Å²) in [5.74, 6) is 1.03. The average molecular weight is 372 g/mol. The molecule has 0 saturated carbocycles. The Balaban J connectivity index is 1.93. The van der Waals surface area contributed by atoms with E-state index < -0.39 is 0 Å². The van der Waals surface area contributed by atoms with Crippen molar-refractivity contribution in [3.05, 3.63) is 53.1 Å². The molecule has 0 radical (unpaired) electrons. The van der Waals surface area contributed by atoms with Gasteiger partial charge in [-0.05, 0) is 25.1 Å². The van der Waals surface area contributed by atoms with Gasteiger partial charge in [0.1, 0.15) is 5.75 Å². The van der Waals surface area contributed by atoms with Crippen LogP contribution in [-0.4, -0.2) is 39.7 Å². The maximum atomic E-state index is 12.1. The highest BCUT2D eigenvalue weighted by atomic mass is 16.5. The Morgan fingerprint density at radius 1 is 0.852 bits per heavy atom. The van der Waals surface area contributed by atoms with Gasteiger partial charge in [-0.2, -0.15) is 0 Å². The number of hydrogen-bond donors (Lipinski definition) is 2. The summed E-state index contributed by atoms with van der Waals surface area (Å²) in [5.41, 5.74) is 2.30. The first kappa shape index (κ1) is 20.1. The van der Waals surface area contributed by atoms with Gasteiger partial charge in [0.15, 0.2) is 11.5 Å². The first-order valence-electron chi connectivity index (χ1n) is 8.39. The highest BCUT2D eigenvalue weighted by molar-refractivity contribution is 5.96. The molecule has 2 rings (SSSR count). The Hall–Kier alpha value is -3.22. The zero-order chi connectivity index (χ0) is 19.8. The molecule has 2 aromatic carbocycles. The third kappa shape index (κ3) is 5.37. The first-order valence-corrected chi connectivity index (χ1v) is 8.39. The topological polar surface area (TPSA) is 85.9 Å². The molecule has 7 heteroatoms. The van der Waals surface area contributed by atoms with Crippen LogP contribution in [0.15, 0.2) is 36.4 Å². The summed E-state index contributed by atoms with van der Waals surface area (Å²) in [7, 11) is 4.61. The molecule has 0 atom stereocenters. The number of benzene rings is 2. The molecule has 0 bridgehead atoms. The van der Waals surface area contributed by atoms with Crippen molar-refractivity contribution < 1.29 is 23.8 Å². The smallest absolute Gasteiger partial charge is 0.251 e. The fourth-order valence-electron chi connectivity index (χ4n) is 2.45. The Labute approximate surface area is 158 Å². The van der Waals surface area contributed by atoms with Crippen molar-refractivity contribution in [1.29, 1.82) is 0 Å². The minimum Gasteiger partial charge on any atom is -0.496 e. The standard InChI is InChI=1S/C20H24N2O5/c1-13-5-7-14(8-6-13)20(24)22-12-19(23)21-11-15-9-17(26-3)18(27-4)10-16(15)25-2/h5-10H,11-12H2,1-4H3,(H,21,23)(H,22,24). The van der Waals surface area contributed by atoms with E-state index in [1.807, 2.05) is 19.1 Å². The van der Waals surface area contributed by atoms with E-state index in [9.17, 15) is 9.59 Å². The Kier molecular flexibility index (Phi) is 7.05. The fourth-order valence-corrected chi connectivity index (χ4v) is 2.45. The summed E-state index contributed by atoms with van der Waals surface area (Å²) < 4.78 is 15.8. The van der Waals surface area contributed by atoms with E-state index in [0.29, 0.717) is 22.8 Å². The van der Waals surface area contributed by atoms with Gasteiger partial charge < -0.3 is 24.8 Å². The summed E-state index contributed by atoms with van der Waals surface area (Å²) in [6.45, 7) is 2.04. The quantitative estimate of drug-likeness (QED) is 0.741. The van der Waals surface area contributed by atoms with E-state index in [-0.39, 0.29) is 24.9 Å². The van der Waals surface area contributed by atoms with Crippen LogP contribution in [-0.2, 0) is 11.3 Å². The van der Waals surface area contributed by atoms with Crippen molar-refractivity contribution in [2.24, 2.45) is 0 Å². The van der Waals surface area contributed by atoms with Crippen LogP contribution >= 0.6 is 0 Å². The first-order chi connectivity index (χ1) is 13.0. The van der Waals surface area contributed by atoms with Crippen LogP contribution in [0.5, 0.6) is 17.2 Å². The molecule has 0 aliphatic heterocycles. The number of ether oxygens (including phenoxy) is 3. The molecule has 0 aliphatic rings. The number of amides is 2. The van der Waals surface area contributed by atoms with Crippen LogP contribution in [0.4, 0.5) is 0 Å². The summed E-state index contributed by atoms with van der Waals surface area (Å²) in [6.07, 6.45) is 0. The zero-order valence-electron chi connectivity index (χ0n) is 15.9. The molecule has 0 saturated heterocycles. The SMILES string of the molecule is COc1cc(OC)c(OC)cc1CNC(=O)CNC(=O)c1ccc(C)cc1. The molecule has 27 heavy (non-hydrogen) atoms. The fraction of sp³-hybridized carbons (Fsp3) is 0.300. The van der Waals surface area contributed by atoms with Crippen molar-refractivity contribution in [3.8, 4) is 17.2 Å². The Bertz CT molecular complexity index is 803. The van der Waals surface area contributed by atoms with Crippen LogP contribution in [0.3, 0.4) is 0 Å². The predicted octanol–water partition coefficient (Wildman–Crippen LogP) is 2.07. The van der Waals surface area contributed by atoms with Crippen molar-refractivity contribution >= 4 is 11.8 Å². The average Bonchev–Trinajstić information content (AvgIpc) is 2.70. The van der Waals surface area contributed by atoms with E-state index in [0.717, 1.165) is 11.1 Å². The molecule has 2 amide bonds. The number of nitrogens with one attached hydrogen (secondary N) is 2. The molecule has 0 aliphatic carbocycles. The minimum absolute atomic E-state index is 0.123. The Morgan fingerprint density at radius 2 is 1.44 bits per heavy atom. The molecule has 0 fully saturated rings. The second-order valence-electron chi connectivity index (χ2n) is 5.84. The number of hydrogen-bond acceptors (Lipinski definition) is 5. The third-order valence-electron chi connectivity index (χ3n) is 3.99. The summed E-state index contributed by atoms with van der Waals surface area (Å²) in [4.78, 5) is 24.1. The molecular formula is C20H24N2O5. The van der Waals surface area contributed by atoms with Crippen molar-refractivity contribution in [2.45, 2.75) is 13.5 Å². The summed E-state index contributed by atoms with van der Waals surface area (Å²) >= 11 is 0. The lowest BCUT2D eigenvalue weighted by Crippen LogP contribution is -2.36. The number of carbonyl (C=O) groups excluding carboxylic acids is 2. The van der Waals surface area contributed by atoms with Crippen LogP contribution in [0, 0.1) is 6.92 Å². The minimum atomic E-state index is -0.313. The molecule has 2 N–H and O–H groups in total. The lowest BCUT2D eigenvalue weighted by Gasteiger charge is -2.14. The monoisotopic (exact) mass is 372 g/mol. The largest absolute Gasteiger partial charge is 0.496 e. The second-order valence-corrected chi connectivity index (χ2v) is 5.84. The molecule has 7 nitrogen and oxygen atoms in total. The Morgan fingerprint density at radius 3 is 2.04 bits per heavy atom. The van der Waals surface area contributed by atoms with Gasteiger partial charge >= 0.3 is 0 Å². The maximum Gasteiger partial charge on any atom is 0.251 e. The van der Waals surface area contributed by atoms with Gasteiger partial charge in [0.05, 0.1) is 27.9 Å². The molecule has 0 aromatic heterocycles. The van der Waals surface area contributed by atoms with E-state index in [4.69, 9.17) is 14.2 Å². The van der Waals surface area contributed by atoms with Gasteiger partial charge in [-0.25, -0.2) is 0 Å². The highest BCUT2D eigenvalue weighted by Gasteiger charge is 2.13. The van der Waals surface area contributed by atoms with Crippen molar-refractivity contribution in [1.82, 2.24) is 10.6 Å². The van der Waals surface area contributed by atoms with Crippen LogP contribution in [0.1, 0.15) is 21.5 Å². The van der Waals surface area contributed by atoms with E-state index in [1.54, 1.807) is 24.3 Å². The van der Waals surface area contributed by atoms with E-state index >= 15 is 0 Å². The van der Waals surface area contributed by atoms with Crippen LogP contribution in [0.25, 0.3) is 0 Å². The van der Waals surface area contributed by atoms with Crippen molar-refractivity contribution in [3.63, 3.8) is 0 Å². The van der Waals surface area contributed by atoms with Crippen molar-refractivity contribution in [2.75, 3.05) is 27.9 Å². The van der Waals surface area contributed by atoms with Crippen LogP contribution < -0.4 is 24.8 Å². The summed E-state index contributed by atoms with van der Waals surface area (Å²) in [6, 6.07) is 10.6. The highest BCUT2D eigenvalue weighted by Crippen LogP contribution is 2.34. The van der Waals surface area contributed by atoms with Gasteiger partial charge in [0.2, 0.25) is 5.91 Å². The predicted molar refractivity (Wildman–Crippen MR) is 101 cm³/mol. The lowest BCUT2D eigenvalue weighted by molar-refractivity contribution is -0.120. The van der Waals surface area contributed by atoms with E-state index in [2.05, 4.69) is 10.6 Å². The lowest BCUT2D eigenvalue weighted by atomic mass is 10.1. The third-order valence-corrected chi connectivity index (χ3v) is 3.99. The summed E-state index contributed by atoms with van der Waals surface area (Å²) in [5, 5.41) is 5.35. The molecule has 144 valence electrons. The van der Waals surface area contributed by atoms with Gasteiger partial charge in [-0.15, -0.1) is 0 Å². The molecule has 0 spiro atoms. The molecule has 0 unspecified atom stereocenters. The second kappa shape index (κ2) is 9.47. The number of aryl methyl sites for hydroxylation is 1. The molecule has 0 heterocycles. The normalized spacial score (nSPS) is 10.1. The molecular weight excluding hydrogens is 348 g/mol. The molecule has 2 aromatic rings. The van der Waals surface area contributed by atoms with Crippen LogP contribution in [0.2, 0.25) is 0 Å². The number of carbonyl (C=O) groups is 2. The van der Waals surface area contributed by atoms with Gasteiger partial charge in [0.25, 0.3) is 5.91 Å².